The van der Waals surface area contributed by atoms with Crippen molar-refractivity contribution in [2.24, 2.45) is 11.8 Å². The van der Waals surface area contributed by atoms with Crippen LogP contribution in [0, 0.1) is 11.8 Å². The Morgan fingerprint density at radius 2 is 1.30 bits per heavy atom. The highest BCUT2D eigenvalue weighted by Crippen LogP contribution is 2.16. The normalized spacial score (nSPS) is 12.0. The van der Waals surface area contributed by atoms with E-state index in [0.29, 0.717) is 0 Å². The monoisotopic (exact) mass is 178 g/mol. The van der Waals surface area contributed by atoms with Crippen molar-refractivity contribution in [1.82, 2.24) is 0 Å². The minimum Gasteiger partial charge on any atom is -0.172 e. The zero-order valence-electron chi connectivity index (χ0n) is 7.52. The zero-order chi connectivity index (χ0) is 8.15. The third-order valence-corrected chi connectivity index (χ3v) is 5.43. The fraction of sp³-hybridized carbons (Fsp3) is 1.00. The molecule has 0 fully saturated rings. The summed E-state index contributed by atoms with van der Waals surface area (Å²) in [5.74, 6) is 1.60. The maximum atomic E-state index is 6.21. The van der Waals surface area contributed by atoms with E-state index in [4.69, 9.17) is 11.1 Å². The van der Waals surface area contributed by atoms with E-state index in [1.807, 2.05) is 0 Å². The number of rotatable bonds is 4. The maximum absolute atomic E-state index is 6.21. The lowest BCUT2D eigenvalue weighted by atomic mass is 10.3. The van der Waals surface area contributed by atoms with Gasteiger partial charge in [0.2, 0.25) is 0 Å². The van der Waals surface area contributed by atoms with Crippen molar-refractivity contribution < 1.29 is 0 Å². The highest BCUT2D eigenvalue weighted by molar-refractivity contribution is 7.06. The van der Waals surface area contributed by atoms with E-state index in [1.54, 1.807) is 0 Å². The fourth-order valence-electron chi connectivity index (χ4n) is 1.12. The summed E-state index contributed by atoms with van der Waals surface area (Å²) < 4.78 is 0. The summed E-state index contributed by atoms with van der Waals surface area (Å²) in [6, 6.07) is 2.58. The van der Waals surface area contributed by atoms with Gasteiger partial charge in [0.25, 0.3) is 0 Å². The summed E-state index contributed by atoms with van der Waals surface area (Å²) in [5.41, 5.74) is 0. The van der Waals surface area contributed by atoms with Gasteiger partial charge in [0, 0.05) is 0 Å². The predicted octanol–water partition coefficient (Wildman–Crippen LogP) is 3.26. The molecular formula is C8H19ClSi. The quantitative estimate of drug-likeness (QED) is 0.458. The first-order valence-electron chi connectivity index (χ1n) is 4.16. The average Bonchev–Trinajstić information content (AvgIpc) is 1.58. The molecule has 0 radical (unpaired) electrons. The summed E-state index contributed by atoms with van der Waals surface area (Å²) in [4.78, 5) is 0. The average molecular weight is 179 g/mol. The molecule has 0 unspecified atom stereocenters. The van der Waals surface area contributed by atoms with Crippen LogP contribution >= 0.6 is 11.1 Å². The summed E-state index contributed by atoms with van der Waals surface area (Å²) in [6.45, 7) is 9.01. The Labute approximate surface area is 71.3 Å². The molecule has 0 bridgehead atoms. The van der Waals surface area contributed by atoms with Crippen LogP contribution in [0.5, 0.6) is 0 Å². The molecule has 2 heteroatoms. The molecule has 0 saturated heterocycles. The van der Waals surface area contributed by atoms with Gasteiger partial charge in [0.15, 0.2) is 0 Å². The Balaban J connectivity index is 3.34. The predicted molar refractivity (Wildman–Crippen MR) is 52.3 cm³/mol. The van der Waals surface area contributed by atoms with Gasteiger partial charge in [-0.15, -0.1) is 0 Å². The number of hydrogen-bond acceptors (Lipinski definition) is 0. The van der Waals surface area contributed by atoms with E-state index in [0.717, 1.165) is 11.8 Å². The highest BCUT2D eigenvalue weighted by Gasteiger charge is 2.10. The standard InChI is InChI=1S/C8H19ClSi/c1-7(2)5-10(9)6-8(3)4/h7-8,10H,5-6H2,1-4H3. The number of halogens is 1. The Kier molecular flexibility index (Phi) is 5.46. The van der Waals surface area contributed by atoms with Gasteiger partial charge in [-0.2, -0.15) is 11.1 Å². The lowest BCUT2D eigenvalue weighted by Gasteiger charge is -2.11. The van der Waals surface area contributed by atoms with Crippen LogP contribution in [-0.2, 0) is 0 Å². The first-order chi connectivity index (χ1) is 4.52. The van der Waals surface area contributed by atoms with Crippen molar-refractivity contribution in [2.45, 2.75) is 39.8 Å². The van der Waals surface area contributed by atoms with Crippen LogP contribution < -0.4 is 0 Å². The summed E-state index contributed by atoms with van der Waals surface area (Å²) in [5, 5.41) is 0. The molecule has 0 heterocycles. The lowest BCUT2D eigenvalue weighted by molar-refractivity contribution is 0.697. The molecule has 0 aromatic rings. The van der Waals surface area contributed by atoms with Crippen molar-refractivity contribution in [3.63, 3.8) is 0 Å². The van der Waals surface area contributed by atoms with Crippen LogP contribution in [0.2, 0.25) is 12.1 Å². The first kappa shape index (κ1) is 10.5. The Morgan fingerprint density at radius 1 is 1.00 bits per heavy atom. The van der Waals surface area contributed by atoms with Crippen LogP contribution in [-0.4, -0.2) is 8.11 Å². The molecule has 0 N–H and O–H groups in total. The van der Waals surface area contributed by atoms with Crippen LogP contribution in [0.3, 0.4) is 0 Å². The fourth-order valence-corrected chi connectivity index (χ4v) is 5.50. The molecule has 0 atom stereocenters. The minimum atomic E-state index is -0.846. The SMILES string of the molecule is CC(C)C[SiH](Cl)CC(C)C. The molecule has 0 aromatic heterocycles. The van der Waals surface area contributed by atoms with E-state index < -0.39 is 8.11 Å². The van der Waals surface area contributed by atoms with Crippen molar-refractivity contribution in [3.05, 3.63) is 0 Å². The molecule has 0 aliphatic rings. The van der Waals surface area contributed by atoms with Crippen LogP contribution in [0.4, 0.5) is 0 Å². The van der Waals surface area contributed by atoms with Crippen LogP contribution in [0.25, 0.3) is 0 Å². The van der Waals surface area contributed by atoms with Crippen molar-refractivity contribution in [3.8, 4) is 0 Å². The van der Waals surface area contributed by atoms with Crippen molar-refractivity contribution >= 4 is 19.2 Å². The van der Waals surface area contributed by atoms with Gasteiger partial charge in [-0.3, -0.25) is 0 Å². The zero-order valence-corrected chi connectivity index (χ0v) is 9.43. The van der Waals surface area contributed by atoms with Crippen LogP contribution in [0.15, 0.2) is 0 Å². The van der Waals surface area contributed by atoms with Gasteiger partial charge in [-0.25, -0.2) is 0 Å². The molecule has 0 nitrogen and oxygen atoms in total. The summed E-state index contributed by atoms with van der Waals surface area (Å²) in [6.07, 6.45) is 0. The van der Waals surface area contributed by atoms with Gasteiger partial charge >= 0.3 is 0 Å². The topological polar surface area (TPSA) is 0 Å². The Bertz CT molecular complexity index is 71.3. The third-order valence-electron chi connectivity index (χ3n) is 1.45. The molecule has 0 rings (SSSR count). The van der Waals surface area contributed by atoms with Gasteiger partial charge in [0.05, 0.1) is 0 Å². The summed E-state index contributed by atoms with van der Waals surface area (Å²) in [7, 11) is -0.846. The highest BCUT2D eigenvalue weighted by atomic mass is 35.6. The largest absolute Gasteiger partial charge is 0.172 e. The van der Waals surface area contributed by atoms with E-state index in [9.17, 15) is 0 Å². The molecule has 0 aliphatic carbocycles. The van der Waals surface area contributed by atoms with E-state index in [-0.39, 0.29) is 0 Å². The Morgan fingerprint density at radius 3 is 1.50 bits per heavy atom. The molecule has 62 valence electrons. The summed E-state index contributed by atoms with van der Waals surface area (Å²) >= 11 is 6.21. The van der Waals surface area contributed by atoms with Gasteiger partial charge in [0.1, 0.15) is 8.11 Å². The second-order valence-electron chi connectivity index (χ2n) is 3.86. The van der Waals surface area contributed by atoms with E-state index >= 15 is 0 Å². The smallest absolute Gasteiger partial charge is 0.141 e. The molecular weight excluding hydrogens is 160 g/mol. The Hall–Kier alpha value is 0.507. The maximum Gasteiger partial charge on any atom is 0.141 e. The van der Waals surface area contributed by atoms with E-state index in [1.165, 1.54) is 12.1 Å². The molecule has 0 aliphatic heterocycles. The third kappa shape index (κ3) is 6.62. The minimum absolute atomic E-state index is 0.799. The van der Waals surface area contributed by atoms with Gasteiger partial charge < -0.3 is 0 Å². The van der Waals surface area contributed by atoms with E-state index in [2.05, 4.69) is 27.7 Å². The van der Waals surface area contributed by atoms with Crippen molar-refractivity contribution in [1.29, 1.82) is 0 Å². The van der Waals surface area contributed by atoms with Gasteiger partial charge in [-0.1, -0.05) is 27.7 Å². The lowest BCUT2D eigenvalue weighted by Crippen LogP contribution is -2.09. The van der Waals surface area contributed by atoms with Gasteiger partial charge in [-0.05, 0) is 23.9 Å². The second-order valence-corrected chi connectivity index (χ2v) is 7.85. The molecule has 0 saturated carbocycles. The molecule has 10 heavy (non-hydrogen) atoms. The first-order valence-corrected chi connectivity index (χ1v) is 7.54. The van der Waals surface area contributed by atoms with Crippen molar-refractivity contribution in [2.75, 3.05) is 0 Å². The molecule has 0 aromatic carbocycles. The molecule has 0 amide bonds. The molecule has 0 spiro atoms. The van der Waals surface area contributed by atoms with Crippen LogP contribution in [0.1, 0.15) is 27.7 Å². The number of hydrogen-bond donors (Lipinski definition) is 0. The second kappa shape index (κ2) is 5.20.